The van der Waals surface area contributed by atoms with E-state index in [4.69, 9.17) is 12.2 Å². The van der Waals surface area contributed by atoms with Crippen molar-refractivity contribution in [3.8, 4) is 12.3 Å². The highest BCUT2D eigenvalue weighted by molar-refractivity contribution is 5.83. The van der Waals surface area contributed by atoms with E-state index in [1.807, 2.05) is 20.8 Å². The first kappa shape index (κ1) is 22.3. The van der Waals surface area contributed by atoms with Gasteiger partial charge in [0.2, 0.25) is 5.91 Å². The van der Waals surface area contributed by atoms with Crippen LogP contribution < -0.4 is 11.1 Å². The van der Waals surface area contributed by atoms with Crippen molar-refractivity contribution in [3.05, 3.63) is 35.4 Å². The maximum Gasteiger partial charge on any atom is 0.240 e. The Bertz CT molecular complexity index is 708. The molecule has 28 heavy (non-hydrogen) atoms. The second kappa shape index (κ2) is 9.03. The molecule has 154 valence electrons. The number of nitrogens with one attached hydrogen (secondary N) is 1. The number of hydrogen-bond donors (Lipinski definition) is 5. The number of β-amino-alcohol motifs (C(OH)–C–C–N with tert-alkyl or cyclic N) is 1. The van der Waals surface area contributed by atoms with E-state index in [0.29, 0.717) is 5.56 Å². The van der Waals surface area contributed by atoms with Crippen molar-refractivity contribution in [3.63, 3.8) is 0 Å². The molecule has 0 aromatic heterocycles. The highest BCUT2D eigenvalue weighted by Crippen LogP contribution is 2.26. The van der Waals surface area contributed by atoms with Crippen molar-refractivity contribution in [2.75, 3.05) is 13.2 Å². The molecule has 0 bridgehead atoms. The average Bonchev–Trinajstić information content (AvgIpc) is 3.06. The lowest BCUT2D eigenvalue weighted by Crippen LogP contribution is -2.56. The van der Waals surface area contributed by atoms with E-state index >= 15 is 0 Å². The Kier molecular flexibility index (Phi) is 7.21. The SMILES string of the molecule is C#Cc1ccc([C@H](CO)NC(O)[C@@H]2C[C@@H](O)CN2C(=O)C(N)C(C)(C)C)cc1. The molecular formula is C21H31N3O4. The first-order valence-corrected chi connectivity index (χ1v) is 9.44. The van der Waals surface area contributed by atoms with E-state index in [0.717, 1.165) is 5.56 Å². The number of carbonyl (C=O) groups excluding carboxylic acids is 1. The molecule has 1 aliphatic rings. The summed E-state index contributed by atoms with van der Waals surface area (Å²) in [6.45, 7) is 5.47. The quantitative estimate of drug-likeness (QED) is 0.344. The number of carbonyl (C=O) groups is 1. The second-order valence-electron chi connectivity index (χ2n) is 8.40. The van der Waals surface area contributed by atoms with Gasteiger partial charge in [0.05, 0.1) is 30.8 Å². The number of nitrogens with zero attached hydrogens (tertiary/aromatic N) is 1. The smallest absolute Gasteiger partial charge is 0.240 e. The largest absolute Gasteiger partial charge is 0.394 e. The third-order valence-corrected chi connectivity index (χ3v) is 5.20. The molecule has 7 heteroatoms. The standard InChI is InChI=1S/C21H31N3O4/c1-5-13-6-8-14(9-7-13)16(12-25)23-19(27)17-10-15(26)11-24(17)20(28)18(22)21(2,3)4/h1,6-9,15-19,23,25-27H,10-12,22H2,2-4H3/t15-,16+,17+,18?,19?/m1/s1. The molecule has 2 unspecified atom stereocenters. The molecule has 2 rings (SSSR count). The number of nitrogens with two attached hydrogens (primary N) is 1. The van der Waals surface area contributed by atoms with Crippen LogP contribution in [0.2, 0.25) is 0 Å². The van der Waals surface area contributed by atoms with Crippen molar-refractivity contribution in [2.45, 2.75) is 57.6 Å². The van der Waals surface area contributed by atoms with Gasteiger partial charge in [0, 0.05) is 12.1 Å². The topological polar surface area (TPSA) is 119 Å². The Morgan fingerprint density at radius 3 is 2.50 bits per heavy atom. The predicted molar refractivity (Wildman–Crippen MR) is 107 cm³/mol. The van der Waals surface area contributed by atoms with E-state index in [1.54, 1.807) is 24.3 Å². The molecular weight excluding hydrogens is 358 g/mol. The van der Waals surface area contributed by atoms with E-state index in [9.17, 15) is 20.1 Å². The van der Waals surface area contributed by atoms with Gasteiger partial charge in [-0.1, -0.05) is 38.8 Å². The van der Waals surface area contributed by atoms with E-state index in [-0.39, 0.29) is 25.5 Å². The Morgan fingerprint density at radius 1 is 1.39 bits per heavy atom. The Morgan fingerprint density at radius 2 is 2.00 bits per heavy atom. The summed E-state index contributed by atoms with van der Waals surface area (Å²) in [6.07, 6.45) is 3.71. The van der Waals surface area contributed by atoms with Crippen LogP contribution in [-0.2, 0) is 4.79 Å². The maximum atomic E-state index is 12.8. The molecule has 0 saturated carbocycles. The summed E-state index contributed by atoms with van der Waals surface area (Å²) < 4.78 is 0. The summed E-state index contributed by atoms with van der Waals surface area (Å²) in [4.78, 5) is 14.3. The van der Waals surface area contributed by atoms with Gasteiger partial charge in [-0.3, -0.25) is 10.1 Å². The van der Waals surface area contributed by atoms with Gasteiger partial charge < -0.3 is 26.0 Å². The number of hydrogen-bond acceptors (Lipinski definition) is 6. The fourth-order valence-electron chi connectivity index (χ4n) is 3.33. The Hall–Kier alpha value is -1.95. The first-order chi connectivity index (χ1) is 13.1. The van der Waals surface area contributed by atoms with E-state index in [1.165, 1.54) is 4.90 Å². The van der Waals surface area contributed by atoms with Crippen LogP contribution in [0.15, 0.2) is 24.3 Å². The van der Waals surface area contributed by atoms with Crippen LogP contribution in [0.1, 0.15) is 44.4 Å². The minimum absolute atomic E-state index is 0.118. The molecule has 1 aromatic rings. The molecule has 0 aliphatic carbocycles. The molecule has 6 N–H and O–H groups in total. The van der Waals surface area contributed by atoms with Crippen molar-refractivity contribution in [1.29, 1.82) is 0 Å². The summed E-state index contributed by atoms with van der Waals surface area (Å²) in [5.41, 5.74) is 7.12. The van der Waals surface area contributed by atoms with Gasteiger partial charge in [0.25, 0.3) is 0 Å². The third-order valence-electron chi connectivity index (χ3n) is 5.20. The minimum atomic E-state index is -1.14. The average molecular weight is 389 g/mol. The zero-order valence-electron chi connectivity index (χ0n) is 16.7. The predicted octanol–water partition coefficient (Wildman–Crippen LogP) is -0.0555. The van der Waals surface area contributed by atoms with E-state index in [2.05, 4.69) is 11.2 Å². The Labute approximate surface area is 166 Å². The number of aliphatic hydroxyl groups is 3. The highest BCUT2D eigenvalue weighted by atomic mass is 16.3. The van der Waals surface area contributed by atoms with Crippen LogP contribution in [0.3, 0.4) is 0 Å². The monoisotopic (exact) mass is 389 g/mol. The number of benzene rings is 1. The molecule has 5 atom stereocenters. The number of aliphatic hydroxyl groups excluding tert-OH is 3. The molecule has 1 heterocycles. The minimum Gasteiger partial charge on any atom is -0.394 e. The van der Waals surface area contributed by atoms with E-state index < -0.39 is 35.9 Å². The second-order valence-corrected chi connectivity index (χ2v) is 8.40. The van der Waals surface area contributed by atoms with Crippen LogP contribution >= 0.6 is 0 Å². The zero-order valence-corrected chi connectivity index (χ0v) is 16.7. The molecule has 1 aromatic carbocycles. The van der Waals surface area contributed by atoms with Crippen LogP contribution in [0.4, 0.5) is 0 Å². The molecule has 1 amide bonds. The van der Waals surface area contributed by atoms with Crippen molar-refractivity contribution in [1.82, 2.24) is 10.2 Å². The summed E-state index contributed by atoms with van der Waals surface area (Å²) >= 11 is 0. The van der Waals surface area contributed by atoms with Gasteiger partial charge in [-0.2, -0.15) is 0 Å². The number of rotatable bonds is 6. The molecule has 1 saturated heterocycles. The van der Waals surface area contributed by atoms with Gasteiger partial charge in [-0.25, -0.2) is 0 Å². The third kappa shape index (κ3) is 5.10. The molecule has 1 aliphatic heterocycles. The number of amides is 1. The van der Waals surface area contributed by atoms with Crippen molar-refractivity contribution < 1.29 is 20.1 Å². The molecule has 0 radical (unpaired) electrons. The zero-order chi connectivity index (χ0) is 21.1. The normalized spacial score (nSPS) is 23.1. The summed E-state index contributed by atoms with van der Waals surface area (Å²) in [6, 6.07) is 5.11. The number of terminal acetylenes is 1. The number of likely N-dealkylation sites (tertiary alicyclic amines) is 1. The van der Waals surface area contributed by atoms with Gasteiger partial charge in [0.1, 0.15) is 6.23 Å². The van der Waals surface area contributed by atoms with Gasteiger partial charge >= 0.3 is 0 Å². The maximum absolute atomic E-state index is 12.8. The van der Waals surface area contributed by atoms with Gasteiger partial charge in [-0.15, -0.1) is 6.42 Å². The van der Waals surface area contributed by atoms with Gasteiger partial charge in [0.15, 0.2) is 0 Å². The Balaban J connectivity index is 2.14. The lowest BCUT2D eigenvalue weighted by molar-refractivity contribution is -0.138. The molecule has 0 spiro atoms. The van der Waals surface area contributed by atoms with Crippen LogP contribution in [0.25, 0.3) is 0 Å². The van der Waals surface area contributed by atoms with Crippen LogP contribution in [0.5, 0.6) is 0 Å². The van der Waals surface area contributed by atoms with Crippen LogP contribution in [0, 0.1) is 17.8 Å². The fourth-order valence-corrected chi connectivity index (χ4v) is 3.33. The molecule has 7 nitrogen and oxygen atoms in total. The summed E-state index contributed by atoms with van der Waals surface area (Å²) in [7, 11) is 0. The van der Waals surface area contributed by atoms with Crippen molar-refractivity contribution >= 4 is 5.91 Å². The highest BCUT2D eigenvalue weighted by Gasteiger charge is 2.42. The summed E-state index contributed by atoms with van der Waals surface area (Å²) in [5.74, 6) is 2.22. The summed E-state index contributed by atoms with van der Waals surface area (Å²) in [5, 5.41) is 33.5. The van der Waals surface area contributed by atoms with Crippen molar-refractivity contribution in [2.24, 2.45) is 11.1 Å². The fraction of sp³-hybridized carbons (Fsp3) is 0.571. The lowest BCUT2D eigenvalue weighted by atomic mass is 9.86. The lowest BCUT2D eigenvalue weighted by Gasteiger charge is -2.35. The molecule has 1 fully saturated rings. The van der Waals surface area contributed by atoms with Gasteiger partial charge in [-0.05, 0) is 29.5 Å². The van der Waals surface area contributed by atoms with Crippen LogP contribution in [-0.4, -0.2) is 63.7 Å². The first-order valence-electron chi connectivity index (χ1n) is 9.44.